The number of rotatable bonds is 3. The molecule has 3 heterocycles. The lowest BCUT2D eigenvalue weighted by Gasteiger charge is -2.35. The number of fused-ring (bicyclic) bond motifs is 3. The molecule has 2 amide bonds. The fourth-order valence-corrected chi connectivity index (χ4v) is 6.33. The van der Waals surface area contributed by atoms with Crippen LogP contribution in [0.25, 0.3) is 10.2 Å². The van der Waals surface area contributed by atoms with Crippen molar-refractivity contribution in [3.8, 4) is 5.75 Å². The van der Waals surface area contributed by atoms with E-state index in [-0.39, 0.29) is 11.1 Å². The first kappa shape index (κ1) is 19.5. The first-order chi connectivity index (χ1) is 13.1. The highest BCUT2D eigenvalue weighted by molar-refractivity contribution is 7.22. The van der Waals surface area contributed by atoms with E-state index >= 15 is 0 Å². The Balaban J connectivity index is 1.72. The third kappa shape index (κ3) is 3.15. The molecule has 149 valence electrons. The Bertz CT molecular complexity index is 981. The number of thiazole rings is 1. The van der Waals surface area contributed by atoms with Gasteiger partial charge in [0.25, 0.3) is 0 Å². The zero-order valence-electron chi connectivity index (χ0n) is 17.2. The number of carbonyl (C=O) groups excluding carboxylic acids is 1. The first-order valence-electron chi connectivity index (χ1n) is 9.47. The molecule has 2 aromatic rings. The number of nitrogens with one attached hydrogen (secondary N) is 1. The van der Waals surface area contributed by atoms with E-state index in [1.807, 2.05) is 18.4 Å². The summed E-state index contributed by atoms with van der Waals surface area (Å²) in [6.07, 6.45) is 2.69. The van der Waals surface area contributed by atoms with Gasteiger partial charge >= 0.3 is 6.03 Å². The minimum Gasteiger partial charge on any atom is -0.548 e. The van der Waals surface area contributed by atoms with E-state index in [0.717, 1.165) is 33.3 Å². The maximum atomic E-state index is 12.7. The Morgan fingerprint density at radius 3 is 2.86 bits per heavy atom. The summed E-state index contributed by atoms with van der Waals surface area (Å²) in [4.78, 5) is 22.3. The highest BCUT2D eigenvalue weighted by Gasteiger charge is 2.41. The van der Waals surface area contributed by atoms with Gasteiger partial charge in [-0.2, -0.15) is 0 Å². The number of ether oxygens (including phenoxy) is 1. The van der Waals surface area contributed by atoms with Crippen LogP contribution in [0.2, 0.25) is 24.7 Å². The molecule has 4 rings (SSSR count). The van der Waals surface area contributed by atoms with E-state index in [1.54, 1.807) is 4.90 Å². The second kappa shape index (κ2) is 6.60. The Morgan fingerprint density at radius 2 is 2.14 bits per heavy atom. The highest BCUT2D eigenvalue weighted by atomic mass is 32.1. The van der Waals surface area contributed by atoms with Gasteiger partial charge in [0.15, 0.2) is 5.13 Å². The van der Waals surface area contributed by atoms with Crippen LogP contribution < -0.4 is 14.6 Å². The van der Waals surface area contributed by atoms with Crippen LogP contribution in [0.15, 0.2) is 23.7 Å². The van der Waals surface area contributed by atoms with Crippen LogP contribution in [-0.4, -0.2) is 34.9 Å². The average Bonchev–Trinajstić information content (AvgIpc) is 3.27. The van der Waals surface area contributed by atoms with Crippen molar-refractivity contribution in [1.29, 1.82) is 0 Å². The maximum Gasteiger partial charge on any atom is 0.320 e. The molecule has 1 saturated heterocycles. The number of nitrogens with zero attached hydrogens (tertiary/aromatic N) is 2. The highest BCUT2D eigenvalue weighted by Crippen LogP contribution is 2.40. The molecule has 0 aliphatic carbocycles. The number of hydrogen-bond acceptors (Lipinski definition) is 5. The summed E-state index contributed by atoms with van der Waals surface area (Å²) < 4.78 is 13.1. The Kier molecular flexibility index (Phi) is 4.59. The molecule has 1 radical (unpaired) electrons. The van der Waals surface area contributed by atoms with Crippen LogP contribution in [0.3, 0.4) is 0 Å². The smallest absolute Gasteiger partial charge is 0.320 e. The van der Waals surface area contributed by atoms with Gasteiger partial charge in [-0.05, 0) is 36.8 Å². The van der Waals surface area contributed by atoms with Crippen molar-refractivity contribution in [2.75, 3.05) is 11.5 Å². The molecule has 9 heteroatoms. The second-order valence-corrected chi connectivity index (χ2v) is 16.5. The number of benzene rings is 1. The van der Waals surface area contributed by atoms with Crippen LogP contribution >= 0.6 is 11.3 Å². The quantitative estimate of drug-likeness (QED) is 0.560. The number of anilines is 1. The number of carbonyl (C=O) groups is 1. The van der Waals surface area contributed by atoms with Crippen molar-refractivity contribution in [1.82, 2.24) is 9.97 Å². The molecule has 0 unspecified atom stereocenters. The zero-order valence-corrected chi connectivity index (χ0v) is 20.0. The lowest BCUT2D eigenvalue weighted by Crippen LogP contribution is -2.39. The molecule has 0 bridgehead atoms. The fourth-order valence-electron chi connectivity index (χ4n) is 3.02. The molecule has 0 atom stereocenters. The standard InChI is InChI=1S/C19H26N3O3SSi2/c1-19(2,3)28(5,6)25-11-15-22(17(23)21-27(15)4)18-20-16-12-9-10-24-13(12)7-8-14(16)26-18/h7-8,11H,9-10H2,1-6H3,(H,21,23)/b15-11-. The molecule has 0 saturated carbocycles. The lowest BCUT2D eigenvalue weighted by atomic mass is 10.1. The average molecular weight is 433 g/mol. The summed E-state index contributed by atoms with van der Waals surface area (Å²) in [6.45, 7) is 13.8. The van der Waals surface area contributed by atoms with Gasteiger partial charge in [0, 0.05) is 12.0 Å². The fraction of sp³-hybridized carbons (Fsp3) is 0.474. The van der Waals surface area contributed by atoms with Crippen LogP contribution in [-0.2, 0) is 10.8 Å². The number of aromatic nitrogens is 1. The van der Waals surface area contributed by atoms with E-state index in [1.165, 1.54) is 11.3 Å². The van der Waals surface area contributed by atoms with Gasteiger partial charge in [-0.15, -0.1) is 0 Å². The van der Waals surface area contributed by atoms with E-state index in [0.29, 0.717) is 11.7 Å². The van der Waals surface area contributed by atoms with Crippen LogP contribution in [0, 0.1) is 0 Å². The molecule has 1 aromatic heterocycles. The molecule has 28 heavy (non-hydrogen) atoms. The van der Waals surface area contributed by atoms with E-state index < -0.39 is 17.3 Å². The Hall–Kier alpha value is -1.85. The summed E-state index contributed by atoms with van der Waals surface area (Å²) >= 11 is 1.54. The predicted molar refractivity (Wildman–Crippen MR) is 118 cm³/mol. The number of amides is 2. The van der Waals surface area contributed by atoms with Crippen LogP contribution in [0.1, 0.15) is 26.3 Å². The summed E-state index contributed by atoms with van der Waals surface area (Å²) in [5.41, 5.74) is 2.09. The van der Waals surface area contributed by atoms with Crippen molar-refractivity contribution in [2.45, 2.75) is 51.9 Å². The molecule has 1 aromatic carbocycles. The topological polar surface area (TPSA) is 63.7 Å². The summed E-state index contributed by atoms with van der Waals surface area (Å²) in [5, 5.41) is 1.70. The SMILES string of the molecule is C[Si]1NC(=O)N(c2nc3c4c(ccc3s2)OCC4)/C1=C/O[Si](C)(C)C(C)(C)C. The van der Waals surface area contributed by atoms with Crippen LogP contribution in [0.5, 0.6) is 5.75 Å². The molecular formula is C19H26N3O3SSi2. The number of hydrogen-bond donors (Lipinski definition) is 1. The van der Waals surface area contributed by atoms with Crippen LogP contribution in [0.4, 0.5) is 9.93 Å². The Labute approximate surface area is 172 Å². The van der Waals surface area contributed by atoms with Gasteiger partial charge in [-0.25, -0.2) is 14.7 Å². The van der Waals surface area contributed by atoms with Gasteiger partial charge in [0.2, 0.25) is 17.3 Å². The monoisotopic (exact) mass is 432 g/mol. The van der Waals surface area contributed by atoms with Gasteiger partial charge in [-0.1, -0.05) is 32.1 Å². The normalized spacial score (nSPS) is 19.3. The van der Waals surface area contributed by atoms with Gasteiger partial charge in [0.05, 0.1) is 28.4 Å². The zero-order chi connectivity index (χ0) is 20.3. The minimum atomic E-state index is -1.96. The maximum absolute atomic E-state index is 12.7. The predicted octanol–water partition coefficient (Wildman–Crippen LogP) is 4.78. The van der Waals surface area contributed by atoms with Gasteiger partial charge in [0.1, 0.15) is 5.75 Å². The molecular weight excluding hydrogens is 406 g/mol. The summed E-state index contributed by atoms with van der Waals surface area (Å²) in [6, 6.07) is 3.92. The van der Waals surface area contributed by atoms with Crippen molar-refractivity contribution in [3.63, 3.8) is 0 Å². The van der Waals surface area contributed by atoms with E-state index in [2.05, 4.69) is 45.4 Å². The molecule has 2 aliphatic rings. The van der Waals surface area contributed by atoms with Crippen molar-refractivity contribution >= 4 is 50.0 Å². The van der Waals surface area contributed by atoms with E-state index in [9.17, 15) is 4.79 Å². The van der Waals surface area contributed by atoms with Gasteiger partial charge in [-0.3, -0.25) is 0 Å². The first-order valence-corrected chi connectivity index (χ1v) is 15.2. The minimum absolute atomic E-state index is 0.0992. The number of urea groups is 1. The second-order valence-electron chi connectivity index (χ2n) is 8.76. The third-order valence-corrected chi connectivity index (χ3v) is 12.8. The van der Waals surface area contributed by atoms with Crippen molar-refractivity contribution in [3.05, 3.63) is 29.3 Å². The van der Waals surface area contributed by atoms with Gasteiger partial charge < -0.3 is 14.1 Å². The molecule has 1 N–H and O–H groups in total. The van der Waals surface area contributed by atoms with E-state index in [4.69, 9.17) is 14.1 Å². The summed E-state index contributed by atoms with van der Waals surface area (Å²) in [7, 11) is -3.19. The molecule has 0 spiro atoms. The van der Waals surface area contributed by atoms with Crippen molar-refractivity contribution in [2.24, 2.45) is 0 Å². The van der Waals surface area contributed by atoms with Crippen molar-refractivity contribution < 1.29 is 14.0 Å². The molecule has 6 nitrogen and oxygen atoms in total. The Morgan fingerprint density at radius 1 is 1.39 bits per heavy atom. The third-order valence-electron chi connectivity index (χ3n) is 5.81. The largest absolute Gasteiger partial charge is 0.548 e. The summed E-state index contributed by atoms with van der Waals surface area (Å²) in [5.74, 6) is 0.910. The molecule has 1 fully saturated rings. The lowest BCUT2D eigenvalue weighted by molar-refractivity contribution is 0.254. The molecule has 2 aliphatic heterocycles.